The maximum absolute atomic E-state index is 11.7. The van der Waals surface area contributed by atoms with E-state index in [1.807, 2.05) is 24.3 Å². The fraction of sp³-hybridized carbons (Fsp3) is 0. The number of fused-ring (bicyclic) bond motifs is 1. The molecule has 2 N–H and O–H groups in total. The van der Waals surface area contributed by atoms with E-state index in [1.165, 1.54) is 6.08 Å². The average Bonchev–Trinajstić information content (AvgIpc) is 3.29. The molecule has 0 saturated heterocycles. The van der Waals surface area contributed by atoms with Crippen LogP contribution in [0.4, 0.5) is 0 Å². The van der Waals surface area contributed by atoms with E-state index in [0.29, 0.717) is 32.3 Å². The number of H-pyrrole nitrogens is 1. The molecule has 0 atom stereocenters. The Morgan fingerprint density at radius 2 is 1.96 bits per heavy atom. The van der Waals surface area contributed by atoms with Gasteiger partial charge >= 0.3 is 5.97 Å². The number of para-hydroxylation sites is 2. The summed E-state index contributed by atoms with van der Waals surface area (Å²) in [5.41, 5.74) is 2.24. The van der Waals surface area contributed by atoms with Crippen molar-refractivity contribution in [2.24, 2.45) is 0 Å². The largest absolute Gasteiger partial charge is 0.477 e. The highest BCUT2D eigenvalue weighted by Gasteiger charge is 2.15. The molecule has 4 aromatic rings. The molecule has 0 aliphatic rings. The van der Waals surface area contributed by atoms with Crippen LogP contribution in [0.1, 0.15) is 5.76 Å². The molecular formula is C20H12Cl2N2O3S. The summed E-state index contributed by atoms with van der Waals surface area (Å²) in [5.74, 6) is -0.200. The second-order valence-corrected chi connectivity index (χ2v) is 7.68. The van der Waals surface area contributed by atoms with Crippen molar-refractivity contribution in [3.63, 3.8) is 0 Å². The maximum atomic E-state index is 11.7. The van der Waals surface area contributed by atoms with Gasteiger partial charge in [-0.2, -0.15) is 0 Å². The van der Waals surface area contributed by atoms with Crippen molar-refractivity contribution < 1.29 is 14.3 Å². The van der Waals surface area contributed by atoms with Crippen LogP contribution in [-0.4, -0.2) is 21.0 Å². The first-order valence-electron chi connectivity index (χ1n) is 8.12. The minimum Gasteiger partial charge on any atom is -0.477 e. The number of nitrogens with zero attached hydrogens (tertiary/aromatic N) is 1. The lowest BCUT2D eigenvalue weighted by atomic mass is 10.2. The fourth-order valence-electron chi connectivity index (χ4n) is 2.61. The minimum absolute atomic E-state index is 0.0668. The monoisotopic (exact) mass is 430 g/mol. The minimum atomic E-state index is -1.08. The molecule has 0 aliphatic carbocycles. The molecule has 2 heterocycles. The van der Waals surface area contributed by atoms with Crippen molar-refractivity contribution in [3.8, 4) is 11.3 Å². The van der Waals surface area contributed by atoms with Crippen molar-refractivity contribution in [2.45, 2.75) is 5.16 Å². The molecule has 8 heteroatoms. The Bertz CT molecular complexity index is 1180. The molecule has 0 aliphatic heterocycles. The first-order chi connectivity index (χ1) is 13.5. The molecular weight excluding hydrogens is 419 g/mol. The predicted octanol–water partition coefficient (Wildman–Crippen LogP) is 6.35. The van der Waals surface area contributed by atoms with Gasteiger partial charge in [-0.1, -0.05) is 35.3 Å². The summed E-state index contributed by atoms with van der Waals surface area (Å²) in [6.45, 7) is 0. The number of hydrogen-bond acceptors (Lipinski definition) is 4. The molecule has 28 heavy (non-hydrogen) atoms. The summed E-state index contributed by atoms with van der Waals surface area (Å²) in [7, 11) is 0. The molecule has 0 spiro atoms. The Balaban J connectivity index is 1.64. The van der Waals surface area contributed by atoms with Crippen LogP contribution in [0.15, 0.2) is 69.1 Å². The predicted molar refractivity (Wildman–Crippen MR) is 112 cm³/mol. The second kappa shape index (κ2) is 7.75. The van der Waals surface area contributed by atoms with E-state index in [-0.39, 0.29) is 4.91 Å². The third-order valence-electron chi connectivity index (χ3n) is 3.88. The Labute approximate surface area is 174 Å². The highest BCUT2D eigenvalue weighted by atomic mass is 35.5. The molecule has 4 rings (SSSR count). The van der Waals surface area contributed by atoms with Crippen molar-refractivity contribution >= 4 is 58.0 Å². The van der Waals surface area contributed by atoms with E-state index in [2.05, 4.69) is 9.97 Å². The number of hydrogen-bond donors (Lipinski definition) is 2. The molecule has 0 saturated carbocycles. The van der Waals surface area contributed by atoms with E-state index in [9.17, 15) is 9.90 Å². The number of halogens is 2. The number of rotatable bonds is 5. The highest BCUT2D eigenvalue weighted by Crippen LogP contribution is 2.33. The van der Waals surface area contributed by atoms with E-state index in [1.54, 1.807) is 30.3 Å². The van der Waals surface area contributed by atoms with E-state index in [4.69, 9.17) is 27.6 Å². The van der Waals surface area contributed by atoms with Gasteiger partial charge < -0.3 is 14.5 Å². The quantitative estimate of drug-likeness (QED) is 0.284. The number of nitrogens with one attached hydrogen (secondary N) is 1. The number of benzene rings is 2. The Hall–Kier alpha value is -2.67. The SMILES string of the molecule is O=C(O)/C(=C/c1ccc(-c2cc(Cl)ccc2Cl)o1)Sc1nc2ccccc2[nH]1. The highest BCUT2D eigenvalue weighted by molar-refractivity contribution is 8.04. The summed E-state index contributed by atoms with van der Waals surface area (Å²) in [6.07, 6.45) is 1.45. The summed E-state index contributed by atoms with van der Waals surface area (Å²) in [4.78, 5) is 19.2. The van der Waals surface area contributed by atoms with Crippen LogP contribution in [0, 0.1) is 0 Å². The second-order valence-electron chi connectivity index (χ2n) is 5.80. The average molecular weight is 431 g/mol. The van der Waals surface area contributed by atoms with Gasteiger partial charge in [-0.15, -0.1) is 0 Å². The lowest BCUT2D eigenvalue weighted by Crippen LogP contribution is -1.96. The summed E-state index contributed by atoms with van der Waals surface area (Å²) in [6, 6.07) is 15.9. The number of aromatic amines is 1. The van der Waals surface area contributed by atoms with Gasteiger partial charge in [0, 0.05) is 16.7 Å². The van der Waals surface area contributed by atoms with E-state index >= 15 is 0 Å². The van der Waals surface area contributed by atoms with Crippen LogP contribution in [0.5, 0.6) is 0 Å². The number of carboxylic acid groups (broad SMARTS) is 1. The Morgan fingerprint density at radius 1 is 1.14 bits per heavy atom. The molecule has 5 nitrogen and oxygen atoms in total. The van der Waals surface area contributed by atoms with Gasteiger partial charge in [0.05, 0.1) is 16.1 Å². The van der Waals surface area contributed by atoms with Gasteiger partial charge in [-0.05, 0) is 54.2 Å². The zero-order valence-electron chi connectivity index (χ0n) is 14.1. The number of imidazole rings is 1. The van der Waals surface area contributed by atoms with Crippen molar-refractivity contribution in [1.29, 1.82) is 0 Å². The van der Waals surface area contributed by atoms with E-state index < -0.39 is 5.97 Å². The third-order valence-corrected chi connectivity index (χ3v) is 5.34. The van der Waals surface area contributed by atoms with Crippen LogP contribution in [0.25, 0.3) is 28.4 Å². The Morgan fingerprint density at radius 3 is 2.75 bits per heavy atom. The molecule has 2 aromatic heterocycles. The van der Waals surface area contributed by atoms with Gasteiger partial charge in [0.15, 0.2) is 5.16 Å². The summed E-state index contributed by atoms with van der Waals surface area (Å²) < 4.78 is 5.76. The zero-order valence-corrected chi connectivity index (χ0v) is 16.5. The van der Waals surface area contributed by atoms with Gasteiger partial charge in [-0.3, -0.25) is 0 Å². The third kappa shape index (κ3) is 3.94. The molecule has 0 radical (unpaired) electrons. The maximum Gasteiger partial charge on any atom is 0.342 e. The van der Waals surface area contributed by atoms with Crippen LogP contribution in [-0.2, 0) is 4.79 Å². The molecule has 0 fully saturated rings. The summed E-state index contributed by atoms with van der Waals surface area (Å²) in [5, 5.41) is 11.1. The van der Waals surface area contributed by atoms with Crippen molar-refractivity contribution in [1.82, 2.24) is 9.97 Å². The van der Waals surface area contributed by atoms with Gasteiger partial charge in [0.25, 0.3) is 0 Å². The smallest absolute Gasteiger partial charge is 0.342 e. The number of thioether (sulfide) groups is 1. The molecule has 0 amide bonds. The van der Waals surface area contributed by atoms with E-state index in [0.717, 1.165) is 22.8 Å². The lowest BCUT2D eigenvalue weighted by molar-refractivity contribution is -0.131. The molecule has 2 aromatic carbocycles. The normalized spacial score (nSPS) is 11.9. The number of carboxylic acids is 1. The van der Waals surface area contributed by atoms with Crippen LogP contribution >= 0.6 is 35.0 Å². The van der Waals surface area contributed by atoms with Crippen molar-refractivity contribution in [2.75, 3.05) is 0 Å². The fourth-order valence-corrected chi connectivity index (χ4v) is 3.77. The van der Waals surface area contributed by atoms with Crippen LogP contribution in [0.3, 0.4) is 0 Å². The topological polar surface area (TPSA) is 79.1 Å². The number of carbonyl (C=O) groups is 1. The van der Waals surface area contributed by atoms with Gasteiger partial charge in [-0.25, -0.2) is 9.78 Å². The Kier molecular flexibility index (Phi) is 5.17. The number of furan rings is 1. The first-order valence-corrected chi connectivity index (χ1v) is 9.70. The van der Waals surface area contributed by atoms with Gasteiger partial charge in [0.1, 0.15) is 16.4 Å². The number of aromatic nitrogens is 2. The molecule has 0 unspecified atom stereocenters. The van der Waals surface area contributed by atoms with Gasteiger partial charge in [0.2, 0.25) is 0 Å². The summed E-state index contributed by atoms with van der Waals surface area (Å²) >= 11 is 13.2. The van der Waals surface area contributed by atoms with Crippen LogP contribution < -0.4 is 0 Å². The molecule has 140 valence electrons. The first kappa shape index (κ1) is 18.7. The molecule has 0 bridgehead atoms. The standard InChI is InChI=1S/C20H12Cl2N2O3S/c21-11-5-7-14(22)13(9-11)17-8-6-12(27-17)10-18(19(25)26)28-20-23-15-3-1-2-4-16(15)24-20/h1-10H,(H,23,24)(H,25,26)/b18-10-. The van der Waals surface area contributed by atoms with Crippen molar-refractivity contribution in [3.05, 3.63) is 75.3 Å². The zero-order chi connectivity index (χ0) is 19.7. The lowest BCUT2D eigenvalue weighted by Gasteiger charge is -2.01. The number of aliphatic carboxylic acids is 1. The van der Waals surface area contributed by atoms with Crippen LogP contribution in [0.2, 0.25) is 10.0 Å².